The van der Waals surface area contributed by atoms with E-state index in [2.05, 4.69) is 74.3 Å². The molecule has 7 rings (SSSR count). The lowest BCUT2D eigenvalue weighted by atomic mass is 9.83. The number of phenols is 1. The molecule has 0 saturated carbocycles. The van der Waals surface area contributed by atoms with Gasteiger partial charge in [-0.3, -0.25) is 14.4 Å². The lowest BCUT2D eigenvalue weighted by Crippen LogP contribution is -2.61. The number of aromatic nitrogens is 1. The minimum atomic E-state index is -1.19. The third kappa shape index (κ3) is 10.3. The van der Waals surface area contributed by atoms with Crippen LogP contribution < -0.4 is 5.32 Å². The van der Waals surface area contributed by atoms with Crippen LogP contribution in [-0.2, 0) is 54.5 Å². The molecule has 2 saturated heterocycles. The van der Waals surface area contributed by atoms with Crippen molar-refractivity contribution in [2.75, 3.05) is 60.1 Å². The number of esters is 1. The maximum absolute atomic E-state index is 14.9. The summed E-state index contributed by atoms with van der Waals surface area (Å²) in [6.45, 7) is 20.6. The lowest BCUT2D eigenvalue weighted by molar-refractivity contribution is -0.693. The number of fused-ring (bicyclic) bond motifs is 6. The van der Waals surface area contributed by atoms with Gasteiger partial charge in [0.1, 0.15) is 17.8 Å². The summed E-state index contributed by atoms with van der Waals surface area (Å²) in [5.41, 5.74) is 7.13. The van der Waals surface area contributed by atoms with Crippen LogP contribution in [0.5, 0.6) is 5.75 Å². The number of piperazine rings is 1. The molecule has 0 radical (unpaired) electrons. The van der Waals surface area contributed by atoms with Crippen molar-refractivity contribution < 1.29 is 43.2 Å². The Morgan fingerprint density at radius 3 is 2.43 bits per heavy atom. The molecule has 0 spiro atoms. The van der Waals surface area contributed by atoms with E-state index in [1.54, 1.807) is 36.1 Å². The van der Waals surface area contributed by atoms with Gasteiger partial charge in [0.2, 0.25) is 11.8 Å². The van der Waals surface area contributed by atoms with Crippen LogP contribution in [0, 0.1) is 11.3 Å². The van der Waals surface area contributed by atoms with Crippen molar-refractivity contribution in [1.29, 1.82) is 0 Å². The second kappa shape index (κ2) is 20.8. The standard InChI is InChI=1S/C53H67N7O8/c1-10-46(62)57-22-24-58(25-23-57)52(66)55(7)47(34(3)4)49(63)54-43-29-35-27-38(30-39(61)28-35)37-18-19-44-41(31-37)42(48(59(44)11-2)40-16-13-12-15-36(40)20-26-67-9)32-53(5,6)33-68-51(65)45-17-14-21-60(50(43)64)56(45)8/h10,12-13,15-16,18-19,27-28,30-31,34,43,45,47H,1,8,11,14,17,20-26,29,32-33H2,2-7,9H3,(H-,54,61,63)/p+1/t43-,45-,47-/m0/s1. The molecule has 15 heteroatoms. The summed E-state index contributed by atoms with van der Waals surface area (Å²) in [6, 6.07) is 16.5. The number of hydrazone groups is 1. The molecule has 68 heavy (non-hydrogen) atoms. The van der Waals surface area contributed by atoms with E-state index in [0.717, 1.165) is 50.8 Å². The Morgan fingerprint density at radius 2 is 1.74 bits per heavy atom. The van der Waals surface area contributed by atoms with E-state index in [1.165, 1.54) is 20.7 Å². The van der Waals surface area contributed by atoms with E-state index in [1.807, 2.05) is 32.0 Å². The van der Waals surface area contributed by atoms with Crippen molar-refractivity contribution in [3.63, 3.8) is 0 Å². The van der Waals surface area contributed by atoms with Crippen LogP contribution >= 0.6 is 0 Å². The van der Waals surface area contributed by atoms with Crippen LogP contribution in [0.3, 0.4) is 0 Å². The number of nitrogens with zero attached hydrogens (tertiary/aromatic N) is 6. The van der Waals surface area contributed by atoms with Crippen LogP contribution in [0.4, 0.5) is 4.79 Å². The van der Waals surface area contributed by atoms with Gasteiger partial charge in [0.05, 0.1) is 25.5 Å². The van der Waals surface area contributed by atoms with Gasteiger partial charge in [-0.25, -0.2) is 9.59 Å². The van der Waals surface area contributed by atoms with Crippen LogP contribution in [0.15, 0.2) is 73.3 Å². The van der Waals surface area contributed by atoms with Gasteiger partial charge < -0.3 is 39.2 Å². The number of nitrogens with one attached hydrogen (secondary N) is 1. The number of ether oxygens (including phenoxy) is 2. The van der Waals surface area contributed by atoms with Crippen LogP contribution in [0.2, 0.25) is 0 Å². The number of benzene rings is 3. The fourth-order valence-electron chi connectivity index (χ4n) is 10.2. The fraction of sp³-hybridized carbons (Fsp3) is 0.472. The predicted molar refractivity (Wildman–Crippen MR) is 262 cm³/mol. The number of aryl methyl sites for hydroxylation is 1. The smallest absolute Gasteiger partial charge is 0.378 e. The molecule has 0 unspecified atom stereocenters. The molecule has 3 atom stereocenters. The lowest BCUT2D eigenvalue weighted by Gasteiger charge is -2.39. The van der Waals surface area contributed by atoms with E-state index < -0.39 is 41.3 Å². The number of carbonyl (C=O) groups is 5. The normalized spacial score (nSPS) is 19.4. The largest absolute Gasteiger partial charge is 0.508 e. The van der Waals surface area contributed by atoms with Crippen LogP contribution in [0.25, 0.3) is 33.3 Å². The number of hydrogen-bond donors (Lipinski definition) is 2. The van der Waals surface area contributed by atoms with E-state index in [0.29, 0.717) is 51.1 Å². The summed E-state index contributed by atoms with van der Waals surface area (Å²) >= 11 is 0. The van der Waals surface area contributed by atoms with Crippen molar-refractivity contribution in [1.82, 2.24) is 29.6 Å². The van der Waals surface area contributed by atoms with E-state index in [9.17, 15) is 29.1 Å². The van der Waals surface area contributed by atoms with Crippen molar-refractivity contribution in [2.45, 2.75) is 91.4 Å². The molecule has 2 fully saturated rings. The Kier molecular flexibility index (Phi) is 15.1. The molecular weight excluding hydrogens is 863 g/mol. The topological polar surface area (TPSA) is 157 Å². The number of methoxy groups -OCH3 is 1. The molecule has 3 aliphatic rings. The minimum Gasteiger partial charge on any atom is -0.508 e. The Morgan fingerprint density at radius 1 is 1.01 bits per heavy atom. The number of cyclic esters (lactones) is 1. The van der Waals surface area contributed by atoms with Gasteiger partial charge in [0, 0.05) is 81.6 Å². The van der Waals surface area contributed by atoms with E-state index in [4.69, 9.17) is 9.47 Å². The first-order valence-electron chi connectivity index (χ1n) is 23.8. The van der Waals surface area contributed by atoms with Gasteiger partial charge in [-0.05, 0) is 90.3 Å². The molecule has 4 heterocycles. The SMILES string of the molecule is C=CC(=O)N1CCN(C(=O)N(C)[C@H](C(=O)N[C@H]2Cc3cc(O)cc(c3)-c3ccc4c(c3)c(c(-c3ccccc3CCOC)n4CC)CC(C)(C)COC(=O)[C@@H]3CCCN(C2=O)[N+]3=C)C(C)C)CC1. The fourth-order valence-corrected chi connectivity index (χ4v) is 10.2. The first-order chi connectivity index (χ1) is 32.5. The quantitative estimate of drug-likeness (QED) is 0.110. The summed E-state index contributed by atoms with van der Waals surface area (Å²) in [4.78, 5) is 74.5. The molecule has 4 aromatic rings. The first kappa shape index (κ1) is 49.4. The molecule has 15 nitrogen and oxygen atoms in total. The number of aromatic hydroxyl groups is 1. The maximum Gasteiger partial charge on any atom is 0.378 e. The number of carbonyl (C=O) groups excluding carboxylic acids is 5. The molecule has 362 valence electrons. The number of rotatable bonds is 10. The molecule has 1 aromatic heterocycles. The average Bonchev–Trinajstić information content (AvgIpc) is 3.62. The maximum atomic E-state index is 14.9. The van der Waals surface area contributed by atoms with E-state index >= 15 is 0 Å². The van der Waals surface area contributed by atoms with Crippen LogP contribution in [0.1, 0.15) is 64.2 Å². The van der Waals surface area contributed by atoms with E-state index in [-0.39, 0.29) is 56.3 Å². The highest BCUT2D eigenvalue weighted by molar-refractivity contribution is 5.96. The summed E-state index contributed by atoms with van der Waals surface area (Å²) in [5.74, 6) is -2.11. The molecular formula is C53H68N7O8+. The molecule has 2 N–H and O–H groups in total. The number of likely N-dealkylation sites (N-methyl/N-ethyl adjacent to an activating group) is 1. The minimum absolute atomic E-state index is 0.00962. The number of urea groups is 1. The van der Waals surface area contributed by atoms with Gasteiger partial charge in [-0.1, -0.05) is 70.7 Å². The molecule has 5 amide bonds. The highest BCUT2D eigenvalue weighted by Gasteiger charge is 2.44. The average molecular weight is 931 g/mol. The van der Waals surface area contributed by atoms with Crippen molar-refractivity contribution in [2.24, 2.45) is 11.3 Å². The number of amides is 5. The zero-order valence-corrected chi connectivity index (χ0v) is 40.8. The second-order valence-corrected chi connectivity index (χ2v) is 19.5. The van der Waals surface area contributed by atoms with Gasteiger partial charge >= 0.3 is 12.0 Å². The summed E-state index contributed by atoms with van der Waals surface area (Å²) in [6.07, 6.45) is 3.42. The predicted octanol–water partition coefficient (Wildman–Crippen LogP) is 6.07. The molecule has 3 aliphatic heterocycles. The molecule has 0 aliphatic carbocycles. The number of hydrazine groups is 1. The summed E-state index contributed by atoms with van der Waals surface area (Å²) in [7, 11) is 3.28. The third-order valence-corrected chi connectivity index (χ3v) is 13.7. The molecule has 6 bridgehead atoms. The van der Waals surface area contributed by atoms with Crippen molar-refractivity contribution in [3.8, 4) is 28.1 Å². The number of hydrogen-bond acceptors (Lipinski definition) is 8. The van der Waals surface area contributed by atoms with Gasteiger partial charge in [-0.2, -0.15) is 0 Å². The zero-order valence-electron chi connectivity index (χ0n) is 40.8. The Hall–Kier alpha value is -6.48. The second-order valence-electron chi connectivity index (χ2n) is 19.5. The van der Waals surface area contributed by atoms with Gasteiger partial charge in [0.15, 0.2) is 6.72 Å². The zero-order chi connectivity index (χ0) is 49.0. The summed E-state index contributed by atoms with van der Waals surface area (Å²) < 4.78 is 15.4. The first-order valence-corrected chi connectivity index (χ1v) is 23.8. The monoisotopic (exact) mass is 931 g/mol. The Labute approximate surface area is 399 Å². The summed E-state index contributed by atoms with van der Waals surface area (Å²) in [5, 5.41) is 16.8. The Bertz CT molecular complexity index is 2590. The Balaban J connectivity index is 1.30. The van der Waals surface area contributed by atoms with Crippen LogP contribution in [-0.4, -0.2) is 149 Å². The van der Waals surface area contributed by atoms with Crippen molar-refractivity contribution >= 4 is 47.3 Å². The van der Waals surface area contributed by atoms with Crippen molar-refractivity contribution in [3.05, 3.63) is 90.0 Å². The molecule has 3 aromatic carbocycles. The van der Waals surface area contributed by atoms with Gasteiger partial charge in [-0.15, -0.1) is 9.69 Å². The van der Waals surface area contributed by atoms with Gasteiger partial charge in [0.25, 0.3) is 11.9 Å². The highest BCUT2D eigenvalue weighted by Crippen LogP contribution is 2.41. The highest BCUT2D eigenvalue weighted by atomic mass is 16.5. The number of phenolic OH excluding ortho intramolecular Hbond substituents is 1. The third-order valence-electron chi connectivity index (χ3n) is 13.7.